The highest BCUT2D eigenvalue weighted by atomic mass is 79.9. The molecule has 3 aromatic rings. The lowest BCUT2D eigenvalue weighted by Crippen LogP contribution is -2.07. The Morgan fingerprint density at radius 3 is 2.56 bits per heavy atom. The highest BCUT2D eigenvalue weighted by Crippen LogP contribution is 2.35. The van der Waals surface area contributed by atoms with Crippen LogP contribution >= 0.6 is 15.9 Å². The van der Waals surface area contributed by atoms with E-state index in [0.29, 0.717) is 21.2 Å². The van der Waals surface area contributed by atoms with Crippen LogP contribution in [-0.2, 0) is 4.74 Å². The summed E-state index contributed by atoms with van der Waals surface area (Å²) in [6, 6.07) is 5.07. The van der Waals surface area contributed by atoms with Crippen LogP contribution in [-0.4, -0.2) is 30.2 Å². The van der Waals surface area contributed by atoms with Gasteiger partial charge in [0.2, 0.25) is 0 Å². The largest absolute Gasteiger partial charge is 0.495 e. The number of hydrogen-bond donors (Lipinski definition) is 0. The van der Waals surface area contributed by atoms with E-state index >= 15 is 0 Å². The highest BCUT2D eigenvalue weighted by Gasteiger charge is 2.22. The predicted octanol–water partition coefficient (Wildman–Crippen LogP) is 4.13. The number of hydrogen-bond acceptors (Lipinski definition) is 5. The molecule has 0 bridgehead atoms. The van der Waals surface area contributed by atoms with Gasteiger partial charge in [0.05, 0.1) is 36.1 Å². The highest BCUT2D eigenvalue weighted by molar-refractivity contribution is 9.10. The van der Waals surface area contributed by atoms with Crippen LogP contribution in [0, 0.1) is 11.6 Å². The van der Waals surface area contributed by atoms with Crippen molar-refractivity contribution in [3.8, 4) is 17.0 Å². The molecule has 0 N–H and O–H groups in total. The zero-order chi connectivity index (χ0) is 18.1. The van der Waals surface area contributed by atoms with Crippen LogP contribution < -0.4 is 4.74 Å². The van der Waals surface area contributed by atoms with E-state index in [1.165, 1.54) is 26.5 Å². The van der Waals surface area contributed by atoms with Crippen molar-refractivity contribution in [2.45, 2.75) is 0 Å². The number of carbonyl (C=O) groups excluding carboxylic acids is 1. The maximum absolute atomic E-state index is 13.4. The van der Waals surface area contributed by atoms with E-state index in [-0.39, 0.29) is 16.8 Å². The molecule has 128 valence electrons. The van der Waals surface area contributed by atoms with E-state index in [0.717, 1.165) is 12.1 Å². The van der Waals surface area contributed by atoms with Crippen molar-refractivity contribution in [1.82, 2.24) is 9.97 Å². The minimum Gasteiger partial charge on any atom is -0.495 e. The molecule has 0 spiro atoms. The molecule has 0 fully saturated rings. The first-order chi connectivity index (χ1) is 12.0. The number of rotatable bonds is 3. The number of methoxy groups -OCH3 is 2. The van der Waals surface area contributed by atoms with Crippen LogP contribution in [0.15, 0.2) is 34.9 Å². The third kappa shape index (κ3) is 3.05. The maximum atomic E-state index is 13.4. The zero-order valence-electron chi connectivity index (χ0n) is 13.1. The van der Waals surface area contributed by atoms with Crippen molar-refractivity contribution < 1.29 is 23.0 Å². The second-order valence-corrected chi connectivity index (χ2v) is 5.86. The normalized spacial score (nSPS) is 10.8. The standard InChI is InChI=1S/C17H11BrF2N2O3/c1-24-16-9(18)6-12-15(14(16)17(23)25-2)21-7-13(22-12)8-3-4-10(19)11(20)5-8/h3-7H,1-2H3. The first kappa shape index (κ1) is 17.2. The van der Waals surface area contributed by atoms with Gasteiger partial charge in [-0.15, -0.1) is 0 Å². The molecule has 0 aliphatic carbocycles. The molecule has 0 radical (unpaired) electrons. The number of benzene rings is 2. The number of ether oxygens (including phenoxy) is 2. The minimum atomic E-state index is -0.981. The summed E-state index contributed by atoms with van der Waals surface area (Å²) in [5.41, 5.74) is 1.46. The first-order valence-corrected chi connectivity index (χ1v) is 7.82. The Bertz CT molecular complexity index is 995. The van der Waals surface area contributed by atoms with Gasteiger partial charge in [-0.2, -0.15) is 0 Å². The average Bonchev–Trinajstić information content (AvgIpc) is 2.61. The monoisotopic (exact) mass is 408 g/mol. The van der Waals surface area contributed by atoms with E-state index in [1.54, 1.807) is 6.07 Å². The topological polar surface area (TPSA) is 61.3 Å². The molecule has 2 aromatic carbocycles. The molecule has 0 saturated carbocycles. The maximum Gasteiger partial charge on any atom is 0.344 e. The molecular weight excluding hydrogens is 398 g/mol. The summed E-state index contributed by atoms with van der Waals surface area (Å²) in [5.74, 6) is -2.28. The van der Waals surface area contributed by atoms with Gasteiger partial charge in [-0.05, 0) is 40.2 Å². The van der Waals surface area contributed by atoms with Gasteiger partial charge < -0.3 is 9.47 Å². The third-order valence-electron chi connectivity index (χ3n) is 3.55. The predicted molar refractivity (Wildman–Crippen MR) is 90.5 cm³/mol. The molecule has 0 atom stereocenters. The van der Waals surface area contributed by atoms with Crippen LogP contribution in [0.25, 0.3) is 22.3 Å². The summed E-state index contributed by atoms with van der Waals surface area (Å²) in [4.78, 5) is 20.7. The minimum absolute atomic E-state index is 0.124. The summed E-state index contributed by atoms with van der Waals surface area (Å²) < 4.78 is 37.1. The number of aromatic nitrogens is 2. The van der Waals surface area contributed by atoms with Gasteiger partial charge in [0.15, 0.2) is 11.6 Å². The van der Waals surface area contributed by atoms with Gasteiger partial charge in [-0.3, -0.25) is 4.98 Å². The summed E-state index contributed by atoms with van der Waals surface area (Å²) >= 11 is 3.32. The summed E-state index contributed by atoms with van der Waals surface area (Å²) in [6.07, 6.45) is 1.37. The number of carbonyl (C=O) groups is 1. The second kappa shape index (κ2) is 6.72. The Morgan fingerprint density at radius 1 is 1.16 bits per heavy atom. The van der Waals surface area contributed by atoms with Crippen molar-refractivity contribution >= 4 is 32.9 Å². The molecule has 3 rings (SSSR count). The lowest BCUT2D eigenvalue weighted by molar-refractivity contribution is 0.0599. The number of nitrogens with zero attached hydrogens (tertiary/aromatic N) is 2. The Hall–Kier alpha value is -2.61. The lowest BCUT2D eigenvalue weighted by Gasteiger charge is -2.12. The Labute approximate surface area is 149 Å². The van der Waals surface area contributed by atoms with Crippen LogP contribution in [0.3, 0.4) is 0 Å². The van der Waals surface area contributed by atoms with Crippen molar-refractivity contribution in [1.29, 1.82) is 0 Å². The van der Waals surface area contributed by atoms with Gasteiger partial charge in [0.1, 0.15) is 16.8 Å². The van der Waals surface area contributed by atoms with E-state index in [4.69, 9.17) is 9.47 Å². The lowest BCUT2D eigenvalue weighted by atomic mass is 10.1. The molecule has 0 aliphatic heterocycles. The fraction of sp³-hybridized carbons (Fsp3) is 0.118. The van der Waals surface area contributed by atoms with Gasteiger partial charge >= 0.3 is 5.97 Å². The van der Waals surface area contributed by atoms with Crippen molar-refractivity contribution in [3.05, 3.63) is 52.1 Å². The van der Waals surface area contributed by atoms with Crippen LogP contribution in [0.5, 0.6) is 5.75 Å². The number of fused-ring (bicyclic) bond motifs is 1. The smallest absolute Gasteiger partial charge is 0.344 e. The van der Waals surface area contributed by atoms with E-state index in [9.17, 15) is 13.6 Å². The molecule has 5 nitrogen and oxygen atoms in total. The molecule has 1 aromatic heterocycles. The Morgan fingerprint density at radius 2 is 1.92 bits per heavy atom. The SMILES string of the molecule is COC(=O)c1c(OC)c(Br)cc2nc(-c3ccc(F)c(F)c3)cnc12. The van der Waals surface area contributed by atoms with E-state index < -0.39 is 17.6 Å². The van der Waals surface area contributed by atoms with E-state index in [1.807, 2.05) is 0 Å². The molecule has 0 amide bonds. The summed E-state index contributed by atoms with van der Waals surface area (Å²) in [6.45, 7) is 0. The molecule has 0 saturated heterocycles. The van der Waals surface area contributed by atoms with Crippen molar-refractivity contribution in [2.24, 2.45) is 0 Å². The van der Waals surface area contributed by atoms with Gasteiger partial charge in [0.25, 0.3) is 0 Å². The molecule has 0 unspecified atom stereocenters. The summed E-state index contributed by atoms with van der Waals surface area (Å²) in [5, 5.41) is 0. The zero-order valence-corrected chi connectivity index (χ0v) is 14.7. The van der Waals surface area contributed by atoms with Gasteiger partial charge in [-0.1, -0.05) is 0 Å². The average molecular weight is 409 g/mol. The van der Waals surface area contributed by atoms with Crippen molar-refractivity contribution in [3.63, 3.8) is 0 Å². The van der Waals surface area contributed by atoms with E-state index in [2.05, 4.69) is 25.9 Å². The quantitative estimate of drug-likeness (QED) is 0.609. The molecule has 8 heteroatoms. The fourth-order valence-electron chi connectivity index (χ4n) is 2.39. The number of halogens is 3. The first-order valence-electron chi connectivity index (χ1n) is 7.03. The van der Waals surface area contributed by atoms with Crippen LogP contribution in [0.4, 0.5) is 8.78 Å². The van der Waals surface area contributed by atoms with Crippen molar-refractivity contribution in [2.75, 3.05) is 14.2 Å². The molecule has 1 heterocycles. The molecule has 0 aliphatic rings. The Balaban J connectivity index is 2.25. The molecular formula is C17H11BrF2N2O3. The summed E-state index contributed by atoms with van der Waals surface area (Å²) in [7, 11) is 2.67. The fourth-order valence-corrected chi connectivity index (χ4v) is 2.97. The van der Waals surface area contributed by atoms with Gasteiger partial charge in [0, 0.05) is 5.56 Å². The third-order valence-corrected chi connectivity index (χ3v) is 4.14. The number of esters is 1. The molecule has 25 heavy (non-hydrogen) atoms. The Kier molecular flexibility index (Phi) is 4.63. The van der Waals surface area contributed by atoms with Gasteiger partial charge in [-0.25, -0.2) is 18.6 Å². The second-order valence-electron chi connectivity index (χ2n) is 5.01. The van der Waals surface area contributed by atoms with Crippen LogP contribution in [0.2, 0.25) is 0 Å². The van der Waals surface area contributed by atoms with Crippen LogP contribution in [0.1, 0.15) is 10.4 Å².